The van der Waals surface area contributed by atoms with Crippen LogP contribution >= 0.6 is 0 Å². The van der Waals surface area contributed by atoms with Crippen LogP contribution in [-0.4, -0.2) is 40.8 Å². The topological polar surface area (TPSA) is 91.0 Å². The van der Waals surface area contributed by atoms with E-state index in [0.29, 0.717) is 22.8 Å². The number of fused-ring (bicyclic) bond motifs is 1. The average Bonchev–Trinajstić information content (AvgIpc) is 3.22. The number of nitrogens with zero attached hydrogens (tertiary/aromatic N) is 4. The fraction of sp³-hybridized carbons (Fsp3) is 0.375. The first-order valence-corrected chi connectivity index (χ1v) is 9.77. The minimum Gasteiger partial charge on any atom is -0.494 e. The van der Waals surface area contributed by atoms with Crippen molar-refractivity contribution in [3.63, 3.8) is 0 Å². The Morgan fingerprint density at radius 1 is 1.25 bits per heavy atom. The van der Waals surface area contributed by atoms with Gasteiger partial charge in [0.2, 0.25) is 10.0 Å². The van der Waals surface area contributed by atoms with Gasteiger partial charge in [-0.25, -0.2) is 8.42 Å². The number of nitrogens with one attached hydrogen (secondary N) is 1. The summed E-state index contributed by atoms with van der Waals surface area (Å²) in [5, 5.41) is 8.44. The van der Waals surface area contributed by atoms with Gasteiger partial charge < -0.3 is 4.74 Å². The van der Waals surface area contributed by atoms with Crippen molar-refractivity contribution < 1.29 is 26.3 Å². The van der Waals surface area contributed by atoms with E-state index in [4.69, 9.17) is 4.74 Å². The molecule has 0 saturated heterocycles. The fourth-order valence-corrected chi connectivity index (χ4v) is 4.21. The van der Waals surface area contributed by atoms with Crippen molar-refractivity contribution in [3.05, 3.63) is 36.3 Å². The quantitative estimate of drug-likeness (QED) is 0.666. The molecule has 0 aliphatic rings. The maximum Gasteiger partial charge on any atom is 0.419 e. The highest BCUT2D eigenvalue weighted by Crippen LogP contribution is 2.34. The molecule has 3 aromatic rings. The Labute approximate surface area is 158 Å². The molecular weight excluding hydrogens is 399 g/mol. The molecule has 3 rings (SSSR count). The highest BCUT2D eigenvalue weighted by Gasteiger charge is 2.33. The molecule has 1 aromatic carbocycles. The number of aromatic nitrogens is 4. The molecule has 1 unspecified atom stereocenters. The van der Waals surface area contributed by atoms with E-state index in [1.54, 1.807) is 25.4 Å². The number of aryl methyl sites for hydroxylation is 1. The lowest BCUT2D eigenvalue weighted by atomic mass is 10.2. The van der Waals surface area contributed by atoms with Crippen LogP contribution < -0.4 is 9.46 Å². The van der Waals surface area contributed by atoms with Crippen molar-refractivity contribution >= 4 is 26.6 Å². The summed E-state index contributed by atoms with van der Waals surface area (Å²) >= 11 is 0. The summed E-state index contributed by atoms with van der Waals surface area (Å²) in [6.45, 7) is 1.47. The first-order chi connectivity index (χ1) is 13.0. The number of ether oxygens (including phenoxy) is 1. The van der Waals surface area contributed by atoms with Crippen LogP contribution in [-0.2, 0) is 23.2 Å². The van der Waals surface area contributed by atoms with E-state index >= 15 is 0 Å². The molecule has 152 valence electrons. The van der Waals surface area contributed by atoms with Gasteiger partial charge in [-0.1, -0.05) is 0 Å². The number of halogens is 3. The highest BCUT2D eigenvalue weighted by atomic mass is 32.2. The third kappa shape index (κ3) is 3.91. The van der Waals surface area contributed by atoms with Gasteiger partial charge in [-0.2, -0.15) is 23.4 Å². The summed E-state index contributed by atoms with van der Waals surface area (Å²) in [6.07, 6.45) is -1.52. The van der Waals surface area contributed by atoms with Crippen LogP contribution in [0.3, 0.4) is 0 Å². The second kappa shape index (κ2) is 7.00. The van der Waals surface area contributed by atoms with Crippen molar-refractivity contribution in [2.24, 2.45) is 7.05 Å². The molecule has 0 bridgehead atoms. The predicted octanol–water partition coefficient (Wildman–Crippen LogP) is 2.80. The summed E-state index contributed by atoms with van der Waals surface area (Å²) in [7, 11) is -0.880. The first kappa shape index (κ1) is 20.0. The molecular formula is C16H18F3N5O3S. The summed E-state index contributed by atoms with van der Waals surface area (Å²) in [6, 6.07) is 2.52. The number of alkyl halides is 3. The Hall–Kier alpha value is -2.76. The molecule has 2 aromatic heterocycles. The number of rotatable bonds is 6. The Morgan fingerprint density at radius 2 is 1.96 bits per heavy atom. The largest absolute Gasteiger partial charge is 0.494 e. The minimum absolute atomic E-state index is 0.212. The Kier molecular flexibility index (Phi) is 5.00. The smallest absolute Gasteiger partial charge is 0.419 e. The summed E-state index contributed by atoms with van der Waals surface area (Å²) in [5.74, 6) is -0.186. The second-order valence-electron chi connectivity index (χ2n) is 6.29. The molecule has 12 heteroatoms. The van der Waals surface area contributed by atoms with Crippen molar-refractivity contribution in [2.45, 2.75) is 19.1 Å². The van der Waals surface area contributed by atoms with E-state index in [2.05, 4.69) is 14.9 Å². The molecule has 8 nitrogen and oxygen atoms in total. The molecule has 0 spiro atoms. The average molecular weight is 417 g/mol. The number of sulfonamides is 1. The Bertz CT molecular complexity index is 1100. The van der Waals surface area contributed by atoms with Gasteiger partial charge in [-0.3, -0.25) is 14.1 Å². The monoisotopic (exact) mass is 417 g/mol. The van der Waals surface area contributed by atoms with Crippen LogP contribution in [0.4, 0.5) is 18.9 Å². The van der Waals surface area contributed by atoms with Gasteiger partial charge in [-0.15, -0.1) is 0 Å². The van der Waals surface area contributed by atoms with Crippen molar-refractivity contribution in [3.8, 4) is 5.75 Å². The van der Waals surface area contributed by atoms with Crippen LogP contribution in [0.15, 0.2) is 30.7 Å². The SMILES string of the molecule is COc1ccc2cnn(C)c2c1NS(=O)(=O)CC(C)n1cc(C(F)(F)F)cn1. The minimum atomic E-state index is -4.54. The van der Waals surface area contributed by atoms with Gasteiger partial charge in [-0.05, 0) is 19.1 Å². The zero-order chi connectivity index (χ0) is 20.7. The number of hydrogen-bond acceptors (Lipinski definition) is 5. The van der Waals surface area contributed by atoms with Gasteiger partial charge in [0.05, 0.1) is 42.4 Å². The van der Waals surface area contributed by atoms with Crippen molar-refractivity contribution in [2.75, 3.05) is 17.6 Å². The number of hydrogen-bond donors (Lipinski definition) is 1. The third-order valence-corrected chi connectivity index (χ3v) is 5.62. The lowest BCUT2D eigenvalue weighted by molar-refractivity contribution is -0.137. The van der Waals surface area contributed by atoms with Crippen LogP contribution in [0, 0.1) is 0 Å². The van der Waals surface area contributed by atoms with Gasteiger partial charge >= 0.3 is 6.18 Å². The van der Waals surface area contributed by atoms with Crippen LogP contribution in [0.1, 0.15) is 18.5 Å². The van der Waals surface area contributed by atoms with E-state index in [9.17, 15) is 21.6 Å². The molecule has 0 radical (unpaired) electrons. The molecule has 2 heterocycles. The number of methoxy groups -OCH3 is 1. The zero-order valence-corrected chi connectivity index (χ0v) is 16.0. The van der Waals surface area contributed by atoms with Gasteiger partial charge in [0.1, 0.15) is 11.4 Å². The van der Waals surface area contributed by atoms with Crippen LogP contribution in [0.2, 0.25) is 0 Å². The van der Waals surface area contributed by atoms with Gasteiger partial charge in [0.25, 0.3) is 0 Å². The molecule has 0 aliphatic carbocycles. The summed E-state index contributed by atoms with van der Waals surface area (Å²) in [4.78, 5) is 0. The molecule has 0 amide bonds. The van der Waals surface area contributed by atoms with Gasteiger partial charge in [0, 0.05) is 18.6 Å². The number of benzene rings is 1. The lowest BCUT2D eigenvalue weighted by Gasteiger charge is -2.16. The molecule has 0 aliphatic heterocycles. The van der Waals surface area contributed by atoms with Crippen molar-refractivity contribution in [1.29, 1.82) is 0 Å². The summed E-state index contributed by atoms with van der Waals surface area (Å²) < 4.78 is 73.7. The molecule has 0 fully saturated rings. The standard InChI is InChI=1S/C16H18F3N5O3S/c1-10(24-8-12(7-21-24)16(17,18)19)9-28(25,26)22-14-13(27-3)5-4-11-6-20-23(2)15(11)14/h4-8,10,22H,9H2,1-3H3. The second-order valence-corrected chi connectivity index (χ2v) is 8.06. The molecule has 0 saturated carbocycles. The Balaban J connectivity index is 1.87. The maximum atomic E-state index is 12.7. The predicted molar refractivity (Wildman–Crippen MR) is 96.6 cm³/mol. The van der Waals surface area contributed by atoms with E-state index in [1.807, 2.05) is 0 Å². The van der Waals surface area contributed by atoms with Crippen LogP contribution in [0.5, 0.6) is 5.75 Å². The highest BCUT2D eigenvalue weighted by molar-refractivity contribution is 7.92. The van der Waals surface area contributed by atoms with Crippen molar-refractivity contribution in [1.82, 2.24) is 19.6 Å². The van der Waals surface area contributed by atoms with E-state index in [-0.39, 0.29) is 5.69 Å². The molecule has 28 heavy (non-hydrogen) atoms. The lowest BCUT2D eigenvalue weighted by Crippen LogP contribution is -2.24. The van der Waals surface area contributed by atoms with E-state index < -0.39 is 33.6 Å². The Morgan fingerprint density at radius 3 is 2.57 bits per heavy atom. The number of anilines is 1. The maximum absolute atomic E-state index is 12.7. The third-order valence-electron chi connectivity index (χ3n) is 4.18. The van der Waals surface area contributed by atoms with Crippen LogP contribution in [0.25, 0.3) is 10.9 Å². The first-order valence-electron chi connectivity index (χ1n) is 8.12. The van der Waals surface area contributed by atoms with Gasteiger partial charge in [0.15, 0.2) is 0 Å². The van der Waals surface area contributed by atoms with E-state index in [0.717, 1.165) is 10.9 Å². The molecule has 1 N–H and O–H groups in total. The summed E-state index contributed by atoms with van der Waals surface area (Å²) in [5.41, 5.74) is -0.205. The normalized spacial score (nSPS) is 13.6. The molecule has 1 atom stereocenters. The fourth-order valence-electron chi connectivity index (χ4n) is 2.83. The van der Waals surface area contributed by atoms with E-state index in [1.165, 1.54) is 18.7 Å². The zero-order valence-electron chi connectivity index (χ0n) is 15.2.